The van der Waals surface area contributed by atoms with Crippen LogP contribution < -0.4 is 4.74 Å². The van der Waals surface area contributed by atoms with E-state index in [2.05, 4.69) is 45.7 Å². The van der Waals surface area contributed by atoms with Gasteiger partial charge in [0, 0.05) is 10.7 Å². The van der Waals surface area contributed by atoms with Crippen LogP contribution >= 0.6 is 42.5 Å². The summed E-state index contributed by atoms with van der Waals surface area (Å²) >= 11 is 6.61. The minimum atomic E-state index is -3.75. The van der Waals surface area contributed by atoms with Gasteiger partial charge < -0.3 is 4.74 Å². The van der Waals surface area contributed by atoms with Crippen molar-refractivity contribution in [2.45, 2.75) is 31.6 Å². The van der Waals surface area contributed by atoms with Gasteiger partial charge in [-0.3, -0.25) is 0 Å². The largest absolute Gasteiger partial charge is 0.491 e. The van der Waals surface area contributed by atoms with Crippen LogP contribution in [0.15, 0.2) is 26.0 Å². The second-order valence-corrected chi connectivity index (χ2v) is 8.42. The molecule has 0 fully saturated rings. The highest BCUT2D eigenvalue weighted by atomic mass is 79.9. The summed E-state index contributed by atoms with van der Waals surface area (Å²) in [6.45, 7) is 4.83. The summed E-state index contributed by atoms with van der Waals surface area (Å²) in [6, 6.07) is 2.88. The fourth-order valence-electron chi connectivity index (χ4n) is 1.54. The minimum Gasteiger partial charge on any atom is -0.491 e. The molecule has 0 amide bonds. The van der Waals surface area contributed by atoms with Gasteiger partial charge >= 0.3 is 0 Å². The molecular formula is C12H15Br2ClO3S. The van der Waals surface area contributed by atoms with Gasteiger partial charge in [0.1, 0.15) is 5.75 Å². The summed E-state index contributed by atoms with van der Waals surface area (Å²) in [4.78, 5) is 0.0304. The lowest BCUT2D eigenvalue weighted by molar-refractivity contribution is 0.238. The van der Waals surface area contributed by atoms with Crippen molar-refractivity contribution in [1.29, 1.82) is 0 Å². The van der Waals surface area contributed by atoms with Crippen molar-refractivity contribution >= 4 is 51.6 Å². The van der Waals surface area contributed by atoms with E-state index in [-0.39, 0.29) is 4.90 Å². The Morgan fingerprint density at radius 2 is 1.68 bits per heavy atom. The molecule has 0 bridgehead atoms. The van der Waals surface area contributed by atoms with Crippen LogP contribution in [0.25, 0.3) is 0 Å². The predicted octanol–water partition coefficient (Wildman–Crippen LogP) is 4.95. The number of hydrogen-bond acceptors (Lipinski definition) is 3. The molecule has 7 heteroatoms. The van der Waals surface area contributed by atoms with Crippen LogP contribution in [0, 0.1) is 5.92 Å². The smallest absolute Gasteiger partial charge is 0.261 e. The van der Waals surface area contributed by atoms with Crippen LogP contribution in [0.5, 0.6) is 5.75 Å². The first-order valence-corrected chi connectivity index (χ1v) is 9.75. The molecule has 0 heterocycles. The summed E-state index contributed by atoms with van der Waals surface area (Å²) in [7, 11) is 1.57. The lowest BCUT2D eigenvalue weighted by Gasteiger charge is -2.16. The Kier molecular flexibility index (Phi) is 6.63. The molecule has 0 spiro atoms. The normalized spacial score (nSPS) is 11.9. The number of benzene rings is 1. The van der Waals surface area contributed by atoms with Crippen molar-refractivity contribution in [3.05, 3.63) is 21.1 Å². The highest BCUT2D eigenvalue weighted by Gasteiger charge is 2.17. The number of rotatable bonds is 6. The van der Waals surface area contributed by atoms with E-state index in [1.807, 2.05) is 0 Å². The van der Waals surface area contributed by atoms with Gasteiger partial charge in [-0.15, -0.1) is 0 Å². The van der Waals surface area contributed by atoms with Gasteiger partial charge in [0.2, 0.25) is 0 Å². The van der Waals surface area contributed by atoms with Gasteiger partial charge in [-0.2, -0.15) is 0 Å². The van der Waals surface area contributed by atoms with E-state index in [9.17, 15) is 8.42 Å². The number of halogens is 3. The maximum Gasteiger partial charge on any atom is 0.261 e. The molecule has 0 saturated carbocycles. The third-order valence-corrected chi connectivity index (χ3v) is 5.38. The zero-order chi connectivity index (χ0) is 14.6. The van der Waals surface area contributed by atoms with Crippen LogP contribution in [-0.2, 0) is 9.05 Å². The van der Waals surface area contributed by atoms with Crippen molar-refractivity contribution in [1.82, 2.24) is 0 Å². The second-order valence-electron chi connectivity index (χ2n) is 4.15. The van der Waals surface area contributed by atoms with Crippen molar-refractivity contribution in [3.8, 4) is 5.75 Å². The summed E-state index contributed by atoms with van der Waals surface area (Å²) in [5, 5.41) is 0. The van der Waals surface area contributed by atoms with E-state index in [0.29, 0.717) is 27.2 Å². The molecule has 0 N–H and O–H groups in total. The zero-order valence-electron chi connectivity index (χ0n) is 10.6. The molecular weight excluding hydrogens is 419 g/mol. The Labute approximate surface area is 135 Å². The van der Waals surface area contributed by atoms with Gasteiger partial charge in [0.15, 0.2) is 0 Å². The van der Waals surface area contributed by atoms with E-state index in [4.69, 9.17) is 15.4 Å². The van der Waals surface area contributed by atoms with Crippen LogP contribution in [0.2, 0.25) is 0 Å². The van der Waals surface area contributed by atoms with E-state index in [0.717, 1.165) is 12.8 Å². The van der Waals surface area contributed by atoms with E-state index in [1.165, 1.54) is 12.1 Å². The fraction of sp³-hybridized carbons (Fsp3) is 0.500. The van der Waals surface area contributed by atoms with Crippen LogP contribution in [0.3, 0.4) is 0 Å². The lowest BCUT2D eigenvalue weighted by Crippen LogP contribution is -2.10. The lowest BCUT2D eigenvalue weighted by atomic mass is 10.1. The Hall–Kier alpha value is 0.220. The number of ether oxygens (including phenoxy) is 1. The van der Waals surface area contributed by atoms with Crippen molar-refractivity contribution in [2.75, 3.05) is 6.61 Å². The topological polar surface area (TPSA) is 43.4 Å². The van der Waals surface area contributed by atoms with Crippen LogP contribution in [0.4, 0.5) is 0 Å². The Morgan fingerprint density at radius 3 is 2.05 bits per heavy atom. The van der Waals surface area contributed by atoms with E-state index >= 15 is 0 Å². The Balaban J connectivity index is 2.98. The van der Waals surface area contributed by atoms with E-state index in [1.54, 1.807) is 0 Å². The van der Waals surface area contributed by atoms with Gasteiger partial charge in [0.05, 0.1) is 20.4 Å². The van der Waals surface area contributed by atoms with Gasteiger partial charge in [-0.25, -0.2) is 8.42 Å². The fourth-order valence-corrected chi connectivity index (χ4v) is 4.04. The molecule has 1 aromatic carbocycles. The molecule has 1 rings (SSSR count). The summed E-state index contributed by atoms with van der Waals surface area (Å²) in [5.74, 6) is 1.08. The van der Waals surface area contributed by atoms with Crippen molar-refractivity contribution < 1.29 is 13.2 Å². The first-order valence-electron chi connectivity index (χ1n) is 5.86. The molecule has 108 valence electrons. The second kappa shape index (κ2) is 7.29. The molecule has 0 aliphatic heterocycles. The Morgan fingerprint density at radius 1 is 1.21 bits per heavy atom. The predicted molar refractivity (Wildman–Crippen MR) is 84.4 cm³/mol. The van der Waals surface area contributed by atoms with E-state index < -0.39 is 9.05 Å². The van der Waals surface area contributed by atoms with Crippen molar-refractivity contribution in [2.24, 2.45) is 5.92 Å². The highest BCUT2D eigenvalue weighted by molar-refractivity contribution is 9.11. The molecule has 0 aromatic heterocycles. The quantitative estimate of drug-likeness (QED) is 0.595. The standard InChI is InChI=1S/C12H15Br2ClO3S/c1-3-8(4-2)7-18-12-10(13)5-9(6-11(12)14)19(15,16)17/h5-6,8H,3-4,7H2,1-2H3. The summed E-state index contributed by atoms with van der Waals surface area (Å²) < 4.78 is 29.5. The molecule has 19 heavy (non-hydrogen) atoms. The molecule has 0 radical (unpaired) electrons. The molecule has 0 unspecified atom stereocenters. The average molecular weight is 435 g/mol. The summed E-state index contributed by atoms with van der Waals surface area (Å²) in [6.07, 6.45) is 2.08. The first-order chi connectivity index (χ1) is 8.79. The average Bonchev–Trinajstić information content (AvgIpc) is 2.31. The molecule has 0 atom stereocenters. The van der Waals surface area contributed by atoms with Gasteiger partial charge in [0.25, 0.3) is 9.05 Å². The third-order valence-electron chi connectivity index (χ3n) is 2.87. The molecule has 3 nitrogen and oxygen atoms in total. The highest BCUT2D eigenvalue weighted by Crippen LogP contribution is 2.37. The first kappa shape index (κ1) is 17.3. The summed E-state index contributed by atoms with van der Waals surface area (Å²) in [5.41, 5.74) is 0. The molecule has 0 aliphatic rings. The van der Waals surface area contributed by atoms with Gasteiger partial charge in [-0.1, -0.05) is 26.7 Å². The molecule has 0 saturated heterocycles. The van der Waals surface area contributed by atoms with Crippen LogP contribution in [-0.4, -0.2) is 15.0 Å². The maximum absolute atomic E-state index is 11.3. The van der Waals surface area contributed by atoms with Crippen molar-refractivity contribution in [3.63, 3.8) is 0 Å². The van der Waals surface area contributed by atoms with Gasteiger partial charge in [-0.05, 0) is 49.9 Å². The zero-order valence-corrected chi connectivity index (χ0v) is 15.4. The molecule has 0 aliphatic carbocycles. The number of hydrogen-bond donors (Lipinski definition) is 0. The van der Waals surface area contributed by atoms with Crippen LogP contribution in [0.1, 0.15) is 26.7 Å². The molecule has 1 aromatic rings. The minimum absolute atomic E-state index is 0.0304. The maximum atomic E-state index is 11.3. The monoisotopic (exact) mass is 432 g/mol. The third kappa shape index (κ3) is 4.92. The Bertz CT molecular complexity index is 519. The SMILES string of the molecule is CCC(CC)COc1c(Br)cc(S(=O)(=O)Cl)cc1Br.